The maximum absolute atomic E-state index is 12.3. The second kappa shape index (κ2) is 6.49. The van der Waals surface area contributed by atoms with Gasteiger partial charge in [-0.25, -0.2) is 17.7 Å². The van der Waals surface area contributed by atoms with Gasteiger partial charge in [-0.15, -0.1) is 0 Å². The van der Waals surface area contributed by atoms with Crippen LogP contribution in [0.2, 0.25) is 0 Å². The number of rotatable bonds is 6. The van der Waals surface area contributed by atoms with Crippen LogP contribution in [0.3, 0.4) is 0 Å². The maximum Gasteiger partial charge on any atom is 0.246 e. The lowest BCUT2D eigenvalue weighted by atomic mass is 10.4. The number of hydrogen-bond donors (Lipinski definition) is 1. The summed E-state index contributed by atoms with van der Waals surface area (Å²) >= 11 is 3.25. The molecule has 5 nitrogen and oxygen atoms in total. The Morgan fingerprint density at radius 1 is 1.44 bits per heavy atom. The van der Waals surface area contributed by atoms with Crippen molar-refractivity contribution in [1.29, 1.82) is 0 Å². The summed E-state index contributed by atoms with van der Waals surface area (Å²) in [5, 5.41) is 3.04. The minimum atomic E-state index is -3.49. The molecule has 1 aromatic rings. The molecule has 18 heavy (non-hydrogen) atoms. The van der Waals surface area contributed by atoms with E-state index in [1.807, 2.05) is 6.92 Å². The minimum Gasteiger partial charge on any atom is -0.369 e. The van der Waals surface area contributed by atoms with Crippen LogP contribution in [0, 0.1) is 0 Å². The van der Waals surface area contributed by atoms with Gasteiger partial charge in [0.15, 0.2) is 0 Å². The molecule has 1 N–H and O–H groups in total. The third kappa shape index (κ3) is 3.43. The van der Waals surface area contributed by atoms with Crippen LogP contribution < -0.4 is 5.32 Å². The second-order valence-corrected chi connectivity index (χ2v) is 6.78. The van der Waals surface area contributed by atoms with Crippen molar-refractivity contribution in [1.82, 2.24) is 9.29 Å². The Kier molecular flexibility index (Phi) is 5.55. The average Bonchev–Trinajstić information content (AvgIpc) is 2.36. The van der Waals surface area contributed by atoms with Gasteiger partial charge in [-0.05, 0) is 28.4 Å². The van der Waals surface area contributed by atoms with E-state index in [1.54, 1.807) is 26.2 Å². The highest BCUT2D eigenvalue weighted by molar-refractivity contribution is 9.10. The van der Waals surface area contributed by atoms with E-state index >= 15 is 0 Å². The van der Waals surface area contributed by atoms with E-state index in [-0.39, 0.29) is 4.90 Å². The molecule has 0 aliphatic heterocycles. The molecule has 0 saturated heterocycles. The van der Waals surface area contributed by atoms with Crippen molar-refractivity contribution in [3.05, 3.63) is 16.7 Å². The molecule has 0 atom stereocenters. The van der Waals surface area contributed by atoms with Crippen LogP contribution in [0.4, 0.5) is 5.82 Å². The first-order valence-electron chi connectivity index (χ1n) is 5.79. The molecule has 0 aromatic carbocycles. The molecule has 0 aliphatic carbocycles. The molecular formula is C11H18BrN3O2S. The first-order chi connectivity index (χ1) is 8.43. The fourth-order valence-electron chi connectivity index (χ4n) is 1.33. The third-order valence-corrected chi connectivity index (χ3v) is 4.87. The number of sulfonamides is 1. The van der Waals surface area contributed by atoms with Crippen LogP contribution in [0.25, 0.3) is 0 Å². The number of anilines is 1. The number of nitrogens with zero attached hydrogens (tertiary/aromatic N) is 2. The van der Waals surface area contributed by atoms with Crippen molar-refractivity contribution in [2.24, 2.45) is 0 Å². The summed E-state index contributed by atoms with van der Waals surface area (Å²) in [4.78, 5) is 4.34. The molecule has 0 bridgehead atoms. The molecule has 0 amide bonds. The summed E-state index contributed by atoms with van der Waals surface area (Å²) < 4.78 is 26.6. The van der Waals surface area contributed by atoms with Crippen molar-refractivity contribution in [3.63, 3.8) is 0 Å². The Hall–Kier alpha value is -0.660. The predicted octanol–water partition coefficient (Wildman–Crippen LogP) is 2.31. The van der Waals surface area contributed by atoms with Crippen LogP contribution in [-0.2, 0) is 10.0 Å². The highest BCUT2D eigenvalue weighted by Gasteiger charge is 2.24. The molecule has 0 unspecified atom stereocenters. The monoisotopic (exact) mass is 335 g/mol. The lowest BCUT2D eigenvalue weighted by molar-refractivity contribution is 0.486. The van der Waals surface area contributed by atoms with Gasteiger partial charge in [0.25, 0.3) is 0 Å². The molecule has 1 aromatic heterocycles. The average molecular weight is 336 g/mol. The topological polar surface area (TPSA) is 62.3 Å². The molecular weight excluding hydrogens is 318 g/mol. The highest BCUT2D eigenvalue weighted by atomic mass is 79.9. The standard InChI is InChI=1S/C11H18BrN3O2S/c1-4-6-13-11-10(7-9(12)8-14-11)18(16,17)15(3)5-2/h7-8H,4-6H2,1-3H3,(H,13,14). The Bertz CT molecular complexity index is 505. The van der Waals surface area contributed by atoms with Gasteiger partial charge in [-0.3, -0.25) is 0 Å². The molecule has 0 aliphatic rings. The molecule has 102 valence electrons. The van der Waals surface area contributed by atoms with Crippen molar-refractivity contribution in [2.75, 3.05) is 25.5 Å². The summed E-state index contributed by atoms with van der Waals surface area (Å²) in [5.41, 5.74) is 0. The quantitative estimate of drug-likeness (QED) is 0.866. The smallest absolute Gasteiger partial charge is 0.246 e. The van der Waals surface area contributed by atoms with E-state index < -0.39 is 10.0 Å². The van der Waals surface area contributed by atoms with Crippen LogP contribution in [0.15, 0.2) is 21.6 Å². The fourth-order valence-corrected chi connectivity index (χ4v) is 3.13. The van der Waals surface area contributed by atoms with Crippen LogP contribution in [0.1, 0.15) is 20.3 Å². The summed E-state index contributed by atoms with van der Waals surface area (Å²) in [6.07, 6.45) is 2.49. The fraction of sp³-hybridized carbons (Fsp3) is 0.545. The largest absolute Gasteiger partial charge is 0.369 e. The Morgan fingerprint density at radius 2 is 2.11 bits per heavy atom. The molecule has 0 fully saturated rings. The Balaban J connectivity index is 3.24. The Labute approximate surface area is 117 Å². The van der Waals surface area contributed by atoms with E-state index in [4.69, 9.17) is 0 Å². The van der Waals surface area contributed by atoms with Crippen LogP contribution >= 0.6 is 15.9 Å². The van der Waals surface area contributed by atoms with E-state index in [0.717, 1.165) is 6.42 Å². The number of aromatic nitrogens is 1. The highest BCUT2D eigenvalue weighted by Crippen LogP contribution is 2.25. The van der Waals surface area contributed by atoms with Gasteiger partial charge in [-0.2, -0.15) is 0 Å². The summed E-state index contributed by atoms with van der Waals surface area (Å²) in [6, 6.07) is 1.58. The normalized spacial score (nSPS) is 11.8. The molecule has 0 radical (unpaired) electrons. The van der Waals surface area contributed by atoms with E-state index in [2.05, 4.69) is 26.2 Å². The van der Waals surface area contributed by atoms with Gasteiger partial charge in [-0.1, -0.05) is 13.8 Å². The van der Waals surface area contributed by atoms with Crippen molar-refractivity contribution in [2.45, 2.75) is 25.2 Å². The number of hydrogen-bond acceptors (Lipinski definition) is 4. The third-order valence-electron chi connectivity index (χ3n) is 2.50. The SMILES string of the molecule is CCCNc1ncc(Br)cc1S(=O)(=O)N(C)CC. The summed E-state index contributed by atoms with van der Waals surface area (Å²) in [7, 11) is -1.94. The van der Waals surface area contributed by atoms with Gasteiger partial charge in [0.1, 0.15) is 10.7 Å². The minimum absolute atomic E-state index is 0.203. The van der Waals surface area contributed by atoms with E-state index in [0.29, 0.717) is 23.4 Å². The predicted molar refractivity (Wildman–Crippen MR) is 76.2 cm³/mol. The maximum atomic E-state index is 12.3. The van der Waals surface area contributed by atoms with Gasteiger partial charge >= 0.3 is 0 Å². The molecule has 7 heteroatoms. The number of nitrogens with one attached hydrogen (secondary N) is 1. The van der Waals surface area contributed by atoms with Gasteiger partial charge in [0, 0.05) is 30.8 Å². The zero-order valence-corrected chi connectivity index (χ0v) is 13.2. The molecule has 0 saturated carbocycles. The molecule has 1 heterocycles. The van der Waals surface area contributed by atoms with Crippen molar-refractivity contribution >= 4 is 31.8 Å². The summed E-state index contributed by atoms with van der Waals surface area (Å²) in [5.74, 6) is 0.403. The molecule has 0 spiro atoms. The van der Waals surface area contributed by atoms with Crippen LogP contribution in [0.5, 0.6) is 0 Å². The van der Waals surface area contributed by atoms with Crippen LogP contribution in [-0.4, -0.2) is 37.8 Å². The first-order valence-corrected chi connectivity index (χ1v) is 8.02. The van der Waals surface area contributed by atoms with Crippen molar-refractivity contribution < 1.29 is 8.42 Å². The van der Waals surface area contributed by atoms with Crippen molar-refractivity contribution in [3.8, 4) is 0 Å². The zero-order valence-electron chi connectivity index (χ0n) is 10.8. The lowest BCUT2D eigenvalue weighted by Gasteiger charge is -2.17. The number of pyridine rings is 1. The van der Waals surface area contributed by atoms with E-state index in [9.17, 15) is 8.42 Å². The lowest BCUT2D eigenvalue weighted by Crippen LogP contribution is -2.27. The van der Waals surface area contributed by atoms with Gasteiger partial charge in [0.2, 0.25) is 10.0 Å². The molecule has 1 rings (SSSR count). The first kappa shape index (κ1) is 15.4. The van der Waals surface area contributed by atoms with Gasteiger partial charge in [0.05, 0.1) is 0 Å². The van der Waals surface area contributed by atoms with Gasteiger partial charge < -0.3 is 5.32 Å². The number of halogens is 1. The second-order valence-electron chi connectivity index (χ2n) is 3.85. The Morgan fingerprint density at radius 3 is 2.67 bits per heavy atom. The van der Waals surface area contributed by atoms with E-state index in [1.165, 1.54) is 4.31 Å². The summed E-state index contributed by atoms with van der Waals surface area (Å²) in [6.45, 7) is 4.91. The zero-order chi connectivity index (χ0) is 13.8.